The molecule has 4 heteroatoms. The molecule has 2 N–H and O–H groups in total. The van der Waals surface area contributed by atoms with Crippen LogP contribution < -0.4 is 5.73 Å². The fourth-order valence-corrected chi connectivity index (χ4v) is 4.36. The van der Waals surface area contributed by atoms with Crippen LogP contribution in [-0.4, -0.2) is 66.8 Å². The first kappa shape index (κ1) is 14.8. The quantitative estimate of drug-likeness (QED) is 0.847. The lowest BCUT2D eigenvalue weighted by atomic mass is 10.0. The van der Waals surface area contributed by atoms with Crippen LogP contribution in [0.2, 0.25) is 0 Å². The molecule has 3 fully saturated rings. The van der Waals surface area contributed by atoms with Crippen LogP contribution in [0.3, 0.4) is 0 Å². The fraction of sp³-hybridized carbons (Fsp3) is 1.00. The summed E-state index contributed by atoms with van der Waals surface area (Å²) in [5.74, 6) is 0. The molecule has 4 nitrogen and oxygen atoms in total. The standard InChI is InChI=1S/C16H31N3O/c1-13-6-7-16(20-13)15(12-17)19-10-8-18(9-11-19)14-4-2-3-5-14/h13-16H,2-12,17H2,1H3. The summed E-state index contributed by atoms with van der Waals surface area (Å²) in [5.41, 5.74) is 6.05. The zero-order valence-electron chi connectivity index (χ0n) is 13.0. The van der Waals surface area contributed by atoms with E-state index in [1.54, 1.807) is 0 Å². The van der Waals surface area contributed by atoms with Crippen LogP contribution in [0.15, 0.2) is 0 Å². The third kappa shape index (κ3) is 3.19. The summed E-state index contributed by atoms with van der Waals surface area (Å²) in [6, 6.07) is 1.31. The molecule has 0 radical (unpaired) electrons. The third-order valence-electron chi connectivity index (χ3n) is 5.59. The van der Waals surface area contributed by atoms with Gasteiger partial charge in [0, 0.05) is 44.8 Å². The van der Waals surface area contributed by atoms with Crippen LogP contribution in [0.4, 0.5) is 0 Å². The summed E-state index contributed by atoms with van der Waals surface area (Å²) in [5, 5.41) is 0. The van der Waals surface area contributed by atoms with Gasteiger partial charge in [0.25, 0.3) is 0 Å². The monoisotopic (exact) mass is 281 g/mol. The predicted octanol–water partition coefficient (Wildman–Crippen LogP) is 1.44. The molecule has 1 aliphatic carbocycles. The molecule has 116 valence electrons. The molecule has 20 heavy (non-hydrogen) atoms. The average molecular weight is 281 g/mol. The van der Waals surface area contributed by atoms with Gasteiger partial charge in [0.1, 0.15) is 0 Å². The number of hydrogen-bond acceptors (Lipinski definition) is 4. The molecule has 0 amide bonds. The first-order valence-corrected chi connectivity index (χ1v) is 8.61. The van der Waals surface area contributed by atoms with Gasteiger partial charge in [-0.1, -0.05) is 12.8 Å². The summed E-state index contributed by atoms with van der Waals surface area (Å²) in [4.78, 5) is 5.31. The van der Waals surface area contributed by atoms with E-state index in [-0.39, 0.29) is 0 Å². The van der Waals surface area contributed by atoms with Crippen LogP contribution in [0.25, 0.3) is 0 Å². The van der Waals surface area contributed by atoms with E-state index in [4.69, 9.17) is 10.5 Å². The molecule has 2 saturated heterocycles. The number of hydrogen-bond donors (Lipinski definition) is 1. The van der Waals surface area contributed by atoms with Gasteiger partial charge in [-0.15, -0.1) is 0 Å². The molecule has 2 heterocycles. The van der Waals surface area contributed by atoms with Gasteiger partial charge >= 0.3 is 0 Å². The lowest BCUT2D eigenvalue weighted by Gasteiger charge is -2.42. The normalized spacial score (nSPS) is 35.7. The van der Waals surface area contributed by atoms with Gasteiger partial charge in [-0.25, -0.2) is 0 Å². The highest BCUT2D eigenvalue weighted by atomic mass is 16.5. The maximum absolute atomic E-state index is 6.06. The molecule has 0 aromatic heterocycles. The molecule has 2 aliphatic heterocycles. The topological polar surface area (TPSA) is 41.7 Å². The van der Waals surface area contributed by atoms with Crippen molar-refractivity contribution >= 4 is 0 Å². The van der Waals surface area contributed by atoms with Crippen molar-refractivity contribution in [1.82, 2.24) is 9.80 Å². The van der Waals surface area contributed by atoms with Crippen molar-refractivity contribution in [3.63, 3.8) is 0 Å². The second kappa shape index (κ2) is 6.73. The van der Waals surface area contributed by atoms with Gasteiger partial charge in [0.05, 0.1) is 12.2 Å². The Morgan fingerprint density at radius 2 is 1.75 bits per heavy atom. The number of nitrogens with zero attached hydrogens (tertiary/aromatic N) is 2. The van der Waals surface area contributed by atoms with Crippen molar-refractivity contribution in [2.75, 3.05) is 32.7 Å². The minimum atomic E-state index is 0.369. The number of nitrogens with two attached hydrogens (primary N) is 1. The van der Waals surface area contributed by atoms with E-state index >= 15 is 0 Å². The summed E-state index contributed by atoms with van der Waals surface area (Å²) in [7, 11) is 0. The predicted molar refractivity (Wildman–Crippen MR) is 81.8 cm³/mol. The fourth-order valence-electron chi connectivity index (χ4n) is 4.36. The van der Waals surface area contributed by atoms with Crippen LogP contribution in [0, 0.1) is 0 Å². The van der Waals surface area contributed by atoms with E-state index < -0.39 is 0 Å². The van der Waals surface area contributed by atoms with E-state index in [0.29, 0.717) is 18.2 Å². The van der Waals surface area contributed by atoms with Crippen LogP contribution >= 0.6 is 0 Å². The van der Waals surface area contributed by atoms with Crippen LogP contribution in [0.1, 0.15) is 45.4 Å². The van der Waals surface area contributed by atoms with Crippen molar-refractivity contribution in [3.8, 4) is 0 Å². The number of piperazine rings is 1. The molecule has 3 rings (SSSR count). The van der Waals surface area contributed by atoms with Crippen molar-refractivity contribution < 1.29 is 4.74 Å². The number of rotatable bonds is 4. The maximum atomic E-state index is 6.06. The Kier molecular flexibility index (Phi) is 4.97. The largest absolute Gasteiger partial charge is 0.374 e. The van der Waals surface area contributed by atoms with Crippen molar-refractivity contribution in [3.05, 3.63) is 0 Å². The van der Waals surface area contributed by atoms with Crippen molar-refractivity contribution in [2.24, 2.45) is 5.73 Å². The van der Waals surface area contributed by atoms with Gasteiger partial charge < -0.3 is 10.5 Å². The Balaban J connectivity index is 1.50. The molecular formula is C16H31N3O. The Bertz CT molecular complexity index is 298. The summed E-state index contributed by atoms with van der Waals surface area (Å²) >= 11 is 0. The van der Waals surface area contributed by atoms with Gasteiger partial charge in [-0.05, 0) is 32.6 Å². The third-order valence-corrected chi connectivity index (χ3v) is 5.59. The molecular weight excluding hydrogens is 250 g/mol. The molecule has 0 spiro atoms. The van der Waals surface area contributed by atoms with Gasteiger partial charge in [0.2, 0.25) is 0 Å². The van der Waals surface area contributed by atoms with Crippen molar-refractivity contribution in [1.29, 1.82) is 0 Å². The minimum absolute atomic E-state index is 0.369. The first-order valence-electron chi connectivity index (χ1n) is 8.61. The highest BCUT2D eigenvalue weighted by molar-refractivity contribution is 4.90. The molecule has 3 atom stereocenters. The zero-order valence-corrected chi connectivity index (χ0v) is 13.0. The zero-order chi connectivity index (χ0) is 13.9. The van der Waals surface area contributed by atoms with Gasteiger partial charge in [-0.2, -0.15) is 0 Å². The first-order chi connectivity index (χ1) is 9.78. The number of ether oxygens (including phenoxy) is 1. The van der Waals surface area contributed by atoms with E-state index in [9.17, 15) is 0 Å². The van der Waals surface area contributed by atoms with Gasteiger partial charge in [0.15, 0.2) is 0 Å². The molecule has 0 aromatic rings. The second-order valence-corrected chi connectivity index (χ2v) is 6.88. The smallest absolute Gasteiger partial charge is 0.0747 e. The Labute approximate surface area is 123 Å². The van der Waals surface area contributed by atoms with Crippen molar-refractivity contribution in [2.45, 2.75) is 69.7 Å². The second-order valence-electron chi connectivity index (χ2n) is 6.88. The summed E-state index contributed by atoms with van der Waals surface area (Å²) in [6.45, 7) is 7.72. The van der Waals surface area contributed by atoms with Gasteiger partial charge in [-0.3, -0.25) is 9.80 Å². The molecule has 1 saturated carbocycles. The van der Waals surface area contributed by atoms with E-state index in [0.717, 1.165) is 12.6 Å². The SMILES string of the molecule is CC1CCC(C(CN)N2CCN(C3CCCC3)CC2)O1. The molecule has 0 aromatic carbocycles. The lowest BCUT2D eigenvalue weighted by molar-refractivity contribution is -0.0223. The van der Waals surface area contributed by atoms with E-state index in [2.05, 4.69) is 16.7 Å². The molecule has 3 aliphatic rings. The molecule has 0 bridgehead atoms. The average Bonchev–Trinajstić information content (AvgIpc) is 3.12. The molecule has 3 unspecified atom stereocenters. The highest BCUT2D eigenvalue weighted by Gasteiger charge is 2.35. The van der Waals surface area contributed by atoms with Crippen LogP contribution in [0.5, 0.6) is 0 Å². The Morgan fingerprint density at radius 1 is 1.05 bits per heavy atom. The lowest BCUT2D eigenvalue weighted by Crippen LogP contribution is -2.57. The Morgan fingerprint density at radius 3 is 2.30 bits per heavy atom. The van der Waals surface area contributed by atoms with E-state index in [1.807, 2.05) is 0 Å². The summed E-state index contributed by atoms with van der Waals surface area (Å²) in [6.07, 6.45) is 8.89. The van der Waals surface area contributed by atoms with Crippen LogP contribution in [-0.2, 0) is 4.74 Å². The Hall–Kier alpha value is -0.160. The summed E-state index contributed by atoms with van der Waals surface area (Å²) < 4.78 is 6.06. The highest BCUT2D eigenvalue weighted by Crippen LogP contribution is 2.27. The van der Waals surface area contributed by atoms with E-state index in [1.165, 1.54) is 64.7 Å². The minimum Gasteiger partial charge on any atom is -0.374 e. The maximum Gasteiger partial charge on any atom is 0.0747 e.